The van der Waals surface area contributed by atoms with Crippen molar-refractivity contribution in [2.75, 3.05) is 34.0 Å². The molecule has 10 nitrogen and oxygen atoms in total. The number of methoxy groups -OCH3 is 2. The highest BCUT2D eigenvalue weighted by atomic mass is 16.5. The van der Waals surface area contributed by atoms with Gasteiger partial charge in [0.2, 0.25) is 0 Å². The topological polar surface area (TPSA) is 102 Å². The van der Waals surface area contributed by atoms with Crippen LogP contribution in [0.1, 0.15) is 63.9 Å². The SMILES string of the molecule is COc1cc2c(cc1OCCCCCOc1cc3c(cc1OC)C(=O)N1Cc4ccccc4C[C@H]1C=N3)N=C[C@@H]1CCCN1C2=O. The number of carbonyl (C=O) groups excluding carboxylic acids is 2. The second-order valence-electron chi connectivity index (χ2n) is 12.0. The van der Waals surface area contributed by atoms with Crippen molar-refractivity contribution in [3.8, 4) is 23.0 Å². The number of fused-ring (bicyclic) bond motifs is 5. The molecule has 0 radical (unpaired) electrons. The van der Waals surface area contributed by atoms with E-state index in [1.807, 2.05) is 34.4 Å². The first kappa shape index (κ1) is 29.8. The Balaban J connectivity index is 0.938. The number of carbonyl (C=O) groups is 2. The van der Waals surface area contributed by atoms with Gasteiger partial charge in [0.05, 0.1) is 62.0 Å². The molecule has 4 aliphatic rings. The summed E-state index contributed by atoms with van der Waals surface area (Å²) in [7, 11) is 3.16. The average Bonchev–Trinajstić information content (AvgIpc) is 3.47. The van der Waals surface area contributed by atoms with Crippen molar-refractivity contribution in [1.82, 2.24) is 9.80 Å². The molecule has 1 fully saturated rings. The van der Waals surface area contributed by atoms with Crippen molar-refractivity contribution in [2.24, 2.45) is 9.98 Å². The minimum Gasteiger partial charge on any atom is -0.493 e. The molecule has 0 unspecified atom stereocenters. The number of unbranched alkanes of at least 4 members (excludes halogenated alkanes) is 2. The Morgan fingerprint density at radius 2 is 1.30 bits per heavy atom. The van der Waals surface area contributed by atoms with Crippen LogP contribution in [0.5, 0.6) is 23.0 Å². The maximum atomic E-state index is 13.6. The van der Waals surface area contributed by atoms with Crippen molar-refractivity contribution in [2.45, 2.75) is 57.2 Å². The predicted octanol–water partition coefficient (Wildman–Crippen LogP) is 5.94. The van der Waals surface area contributed by atoms with E-state index in [0.717, 1.165) is 45.1 Å². The fraction of sp³-hybridized carbons (Fsp3) is 0.389. The first-order chi connectivity index (χ1) is 22.5. The van der Waals surface area contributed by atoms with Gasteiger partial charge in [-0.1, -0.05) is 24.3 Å². The van der Waals surface area contributed by atoms with Crippen molar-refractivity contribution < 1.29 is 28.5 Å². The van der Waals surface area contributed by atoms with E-state index < -0.39 is 0 Å². The van der Waals surface area contributed by atoms with Crippen LogP contribution in [0, 0.1) is 0 Å². The van der Waals surface area contributed by atoms with Gasteiger partial charge in [-0.3, -0.25) is 19.6 Å². The van der Waals surface area contributed by atoms with Crippen molar-refractivity contribution in [1.29, 1.82) is 0 Å². The quantitative estimate of drug-likeness (QED) is 0.260. The van der Waals surface area contributed by atoms with Gasteiger partial charge in [-0.05, 0) is 61.8 Å². The molecule has 0 aliphatic carbocycles. The minimum absolute atomic E-state index is 0.00821. The summed E-state index contributed by atoms with van der Waals surface area (Å²) in [6, 6.07) is 15.3. The van der Waals surface area contributed by atoms with Gasteiger partial charge in [0.1, 0.15) is 0 Å². The molecule has 2 atom stereocenters. The lowest BCUT2D eigenvalue weighted by molar-refractivity contribution is 0.0702. The summed E-state index contributed by atoms with van der Waals surface area (Å²) in [4.78, 5) is 39.8. The van der Waals surface area contributed by atoms with Crippen LogP contribution in [0.15, 0.2) is 58.5 Å². The fourth-order valence-electron chi connectivity index (χ4n) is 6.69. The molecule has 0 N–H and O–H groups in total. The van der Waals surface area contributed by atoms with Crippen LogP contribution >= 0.6 is 0 Å². The number of aliphatic imine (C=N–C) groups is 2. The Bertz CT molecular complexity index is 1720. The van der Waals surface area contributed by atoms with Crippen LogP contribution in [-0.2, 0) is 13.0 Å². The molecule has 1 saturated heterocycles. The Labute approximate surface area is 268 Å². The number of rotatable bonds is 10. The standard InChI is InChI=1S/C36H38N4O6/c1-43-31-16-27-29(37-20-25-11-8-12-39(25)35(27)41)18-33(31)45-13-6-3-7-14-46-34-19-30-28(17-32(34)44-2)36(42)40-22-24-10-5-4-9-23(24)15-26(40)21-38-30/h4-5,9-10,16-21,25-26H,3,6-8,11-15,22H2,1-2H3/t25-,26-/m0/s1. The van der Waals surface area contributed by atoms with Crippen LogP contribution in [0.25, 0.3) is 0 Å². The molecular formula is C36H38N4O6. The zero-order valence-corrected chi connectivity index (χ0v) is 26.2. The van der Waals surface area contributed by atoms with Crippen molar-refractivity contribution in [3.05, 3.63) is 70.8 Å². The third-order valence-electron chi connectivity index (χ3n) is 9.21. The molecule has 0 aromatic heterocycles. The lowest BCUT2D eigenvalue weighted by Gasteiger charge is -2.34. The summed E-state index contributed by atoms with van der Waals surface area (Å²) in [5.74, 6) is 2.12. The zero-order chi connectivity index (χ0) is 31.6. The molecule has 2 amide bonds. The van der Waals surface area contributed by atoms with E-state index in [0.29, 0.717) is 65.3 Å². The Morgan fingerprint density at radius 1 is 0.717 bits per heavy atom. The monoisotopic (exact) mass is 622 g/mol. The van der Waals surface area contributed by atoms with Crippen LogP contribution in [0.3, 0.4) is 0 Å². The number of amides is 2. The number of nitrogens with zero attached hydrogens (tertiary/aromatic N) is 4. The molecule has 10 heteroatoms. The molecule has 7 rings (SSSR count). The summed E-state index contributed by atoms with van der Waals surface area (Å²) < 4.78 is 23.4. The molecule has 3 aromatic rings. The van der Waals surface area contributed by atoms with E-state index in [1.54, 1.807) is 38.5 Å². The maximum absolute atomic E-state index is 13.6. The molecule has 0 spiro atoms. The van der Waals surface area contributed by atoms with Gasteiger partial charge in [0.15, 0.2) is 23.0 Å². The van der Waals surface area contributed by atoms with Crippen LogP contribution < -0.4 is 18.9 Å². The second kappa shape index (κ2) is 12.9. The van der Waals surface area contributed by atoms with Crippen LogP contribution in [0.2, 0.25) is 0 Å². The first-order valence-electron chi connectivity index (χ1n) is 16.0. The van der Waals surface area contributed by atoms with Gasteiger partial charge < -0.3 is 28.7 Å². The summed E-state index contributed by atoms with van der Waals surface area (Å²) >= 11 is 0. The molecule has 238 valence electrons. The smallest absolute Gasteiger partial charge is 0.257 e. The number of ether oxygens (including phenoxy) is 4. The highest BCUT2D eigenvalue weighted by molar-refractivity contribution is 6.04. The largest absolute Gasteiger partial charge is 0.493 e. The van der Waals surface area contributed by atoms with Gasteiger partial charge in [-0.25, -0.2) is 0 Å². The molecule has 0 saturated carbocycles. The summed E-state index contributed by atoms with van der Waals surface area (Å²) in [5.41, 5.74) is 4.70. The Kier molecular flexibility index (Phi) is 8.34. The summed E-state index contributed by atoms with van der Waals surface area (Å²) in [6.45, 7) is 2.28. The van der Waals surface area contributed by atoms with Gasteiger partial charge in [0.25, 0.3) is 11.8 Å². The average molecular weight is 623 g/mol. The zero-order valence-electron chi connectivity index (χ0n) is 26.2. The van der Waals surface area contributed by atoms with Gasteiger partial charge >= 0.3 is 0 Å². The van der Waals surface area contributed by atoms with E-state index in [-0.39, 0.29) is 23.9 Å². The fourth-order valence-corrected chi connectivity index (χ4v) is 6.69. The number of hydrogen-bond acceptors (Lipinski definition) is 8. The predicted molar refractivity (Wildman–Crippen MR) is 175 cm³/mol. The summed E-state index contributed by atoms with van der Waals surface area (Å²) in [5, 5.41) is 0. The Morgan fingerprint density at radius 3 is 1.93 bits per heavy atom. The first-order valence-corrected chi connectivity index (χ1v) is 16.0. The maximum Gasteiger partial charge on any atom is 0.257 e. The Hall–Kier alpha value is -4.86. The van der Waals surface area contributed by atoms with E-state index in [9.17, 15) is 9.59 Å². The highest BCUT2D eigenvalue weighted by Crippen LogP contribution is 2.40. The molecule has 4 heterocycles. The van der Waals surface area contributed by atoms with E-state index >= 15 is 0 Å². The summed E-state index contributed by atoms with van der Waals surface area (Å²) in [6.07, 6.45) is 8.92. The van der Waals surface area contributed by atoms with E-state index in [2.05, 4.69) is 17.1 Å². The molecular weight excluding hydrogens is 584 g/mol. The number of benzene rings is 3. The lowest BCUT2D eigenvalue weighted by atomic mass is 9.94. The second-order valence-corrected chi connectivity index (χ2v) is 12.0. The normalized spacial score (nSPS) is 19.3. The van der Waals surface area contributed by atoms with Crippen molar-refractivity contribution >= 4 is 35.6 Å². The lowest BCUT2D eigenvalue weighted by Crippen LogP contribution is -2.44. The van der Waals surface area contributed by atoms with E-state index in [1.165, 1.54) is 11.1 Å². The molecule has 4 aliphatic heterocycles. The third-order valence-corrected chi connectivity index (χ3v) is 9.21. The van der Waals surface area contributed by atoms with Gasteiger partial charge in [0, 0.05) is 37.7 Å². The van der Waals surface area contributed by atoms with Gasteiger partial charge in [-0.15, -0.1) is 0 Å². The van der Waals surface area contributed by atoms with E-state index in [4.69, 9.17) is 23.9 Å². The van der Waals surface area contributed by atoms with Crippen LogP contribution in [-0.4, -0.2) is 80.1 Å². The molecule has 3 aromatic carbocycles. The molecule has 46 heavy (non-hydrogen) atoms. The number of hydrogen-bond donors (Lipinski definition) is 0. The third kappa shape index (κ3) is 5.68. The highest BCUT2D eigenvalue weighted by Gasteiger charge is 2.34. The van der Waals surface area contributed by atoms with Crippen molar-refractivity contribution in [3.63, 3.8) is 0 Å². The van der Waals surface area contributed by atoms with Gasteiger partial charge in [-0.2, -0.15) is 0 Å². The van der Waals surface area contributed by atoms with Crippen LogP contribution in [0.4, 0.5) is 11.4 Å². The minimum atomic E-state index is -0.0916. The molecule has 0 bridgehead atoms.